The highest BCUT2D eigenvalue weighted by Crippen LogP contribution is 2.38. The maximum Gasteiger partial charge on any atom is 0.325 e. The summed E-state index contributed by atoms with van der Waals surface area (Å²) in [5.41, 5.74) is 8.50. The van der Waals surface area contributed by atoms with Gasteiger partial charge in [0, 0.05) is 12.3 Å². The van der Waals surface area contributed by atoms with Crippen molar-refractivity contribution in [1.29, 1.82) is 0 Å². The van der Waals surface area contributed by atoms with E-state index < -0.39 is 21.2 Å². The van der Waals surface area contributed by atoms with Gasteiger partial charge in [0.1, 0.15) is 0 Å². The van der Waals surface area contributed by atoms with Crippen LogP contribution in [0.15, 0.2) is 0 Å². The zero-order chi connectivity index (χ0) is 13.4. The van der Waals surface area contributed by atoms with Gasteiger partial charge in [0.25, 0.3) is 0 Å². The number of carbonyl (C=O) groups is 1. The van der Waals surface area contributed by atoms with Gasteiger partial charge < -0.3 is 31.0 Å². The number of urea groups is 1. The van der Waals surface area contributed by atoms with Crippen LogP contribution >= 0.6 is 15.2 Å². The van der Waals surface area contributed by atoms with E-state index in [1.54, 1.807) is 0 Å². The largest absolute Gasteiger partial charge is 0.352 e. The van der Waals surface area contributed by atoms with E-state index in [2.05, 4.69) is 11.5 Å². The first-order valence-corrected chi connectivity index (χ1v) is 7.67. The Morgan fingerprint density at radius 3 is 1.19 bits per heavy atom. The molecule has 98 valence electrons. The normalized spacial score (nSPS) is 11.5. The van der Waals surface area contributed by atoms with Gasteiger partial charge in [0.2, 0.25) is 0 Å². The Morgan fingerprint density at radius 2 is 1.06 bits per heavy atom. The summed E-state index contributed by atoms with van der Waals surface area (Å²) in [6, 6.07) is -0.833. The Morgan fingerprint density at radius 1 is 0.875 bits per heavy atom. The molecule has 9 nitrogen and oxygen atoms in total. The number of nitrogens with two attached hydrogens (primary N) is 2. The lowest BCUT2D eigenvalue weighted by Crippen LogP contribution is -2.18. The van der Waals surface area contributed by atoms with E-state index in [1.807, 2.05) is 0 Å². The van der Waals surface area contributed by atoms with Gasteiger partial charge in [-0.2, -0.15) is 0 Å². The molecule has 0 aromatic carbocycles. The summed E-state index contributed by atoms with van der Waals surface area (Å²) in [4.78, 5) is 42.5. The van der Waals surface area contributed by atoms with Crippen LogP contribution in [-0.4, -0.2) is 37.9 Å². The molecule has 0 rings (SSSR count). The fourth-order valence-corrected chi connectivity index (χ4v) is 1.91. The Balaban J connectivity index is 0. The number of hydrogen-bond donors (Lipinski definition) is 6. The molecule has 0 atom stereocenters. The van der Waals surface area contributed by atoms with Crippen molar-refractivity contribution in [1.82, 2.24) is 0 Å². The van der Waals surface area contributed by atoms with E-state index in [0.717, 1.165) is 0 Å². The van der Waals surface area contributed by atoms with E-state index in [-0.39, 0.29) is 25.2 Å². The zero-order valence-corrected chi connectivity index (χ0v) is 10.2. The fourth-order valence-electron chi connectivity index (χ4n) is 0.636. The van der Waals surface area contributed by atoms with Crippen molar-refractivity contribution >= 4 is 21.2 Å². The predicted octanol–water partition coefficient (Wildman–Crippen LogP) is -0.854. The topological polar surface area (TPSA) is 184 Å². The first kappa shape index (κ1) is 17.9. The van der Waals surface area contributed by atoms with E-state index in [9.17, 15) is 9.13 Å². The molecule has 0 saturated carbocycles. The molecule has 0 aliphatic rings. The Hall–Kier alpha value is -0.430. The molecule has 0 aliphatic carbocycles. The van der Waals surface area contributed by atoms with Gasteiger partial charge in [-0.05, 0) is 12.8 Å². The average molecular weight is 278 g/mol. The lowest BCUT2D eigenvalue weighted by Gasteiger charge is -2.04. The van der Waals surface area contributed by atoms with Crippen molar-refractivity contribution in [3.8, 4) is 0 Å². The zero-order valence-electron chi connectivity index (χ0n) is 8.39. The lowest BCUT2D eigenvalue weighted by atomic mass is 10.4. The molecule has 0 aromatic heterocycles. The van der Waals surface area contributed by atoms with Gasteiger partial charge in [-0.15, -0.1) is 0 Å². The van der Waals surface area contributed by atoms with Gasteiger partial charge in [-0.25, -0.2) is 4.79 Å². The minimum absolute atomic E-state index is 0.134. The highest BCUT2D eigenvalue weighted by Gasteiger charge is 2.15. The number of carbonyl (C=O) groups excluding carboxylic acids is 1. The molecule has 0 aromatic rings. The van der Waals surface area contributed by atoms with Crippen LogP contribution in [0.25, 0.3) is 0 Å². The number of unbranched alkanes of at least 4 members (excludes halogenated alkanes) is 1. The van der Waals surface area contributed by atoms with E-state index >= 15 is 0 Å². The summed E-state index contributed by atoms with van der Waals surface area (Å²) in [6.45, 7) is 0. The molecule has 0 radical (unpaired) electrons. The highest BCUT2D eigenvalue weighted by atomic mass is 31.2. The monoisotopic (exact) mass is 278 g/mol. The second-order valence-corrected chi connectivity index (χ2v) is 6.44. The summed E-state index contributed by atoms with van der Waals surface area (Å²) in [7, 11) is -8.00. The molecule has 16 heavy (non-hydrogen) atoms. The molecular formula is C5H16N2O7P2. The van der Waals surface area contributed by atoms with Crippen molar-refractivity contribution in [2.24, 2.45) is 11.5 Å². The highest BCUT2D eigenvalue weighted by molar-refractivity contribution is 7.52. The quantitative estimate of drug-likeness (QED) is 0.279. The van der Waals surface area contributed by atoms with Crippen LogP contribution in [0.2, 0.25) is 0 Å². The van der Waals surface area contributed by atoms with Crippen molar-refractivity contribution < 1.29 is 33.5 Å². The molecule has 2 amide bonds. The molecule has 0 fully saturated rings. The summed E-state index contributed by atoms with van der Waals surface area (Å²) >= 11 is 0. The molecule has 11 heteroatoms. The van der Waals surface area contributed by atoms with Crippen LogP contribution in [0, 0.1) is 0 Å². The Kier molecular flexibility index (Phi) is 8.73. The first-order chi connectivity index (χ1) is 6.94. The smallest absolute Gasteiger partial charge is 0.325 e. The molecule has 0 heterocycles. The number of primary amides is 2. The maximum absolute atomic E-state index is 10.3. The molecule has 0 bridgehead atoms. The number of rotatable bonds is 5. The third-order valence-electron chi connectivity index (χ3n) is 1.15. The molecule has 0 saturated heterocycles. The van der Waals surface area contributed by atoms with Crippen LogP contribution in [0.5, 0.6) is 0 Å². The van der Waals surface area contributed by atoms with Crippen LogP contribution < -0.4 is 11.5 Å². The van der Waals surface area contributed by atoms with Gasteiger partial charge >= 0.3 is 21.2 Å². The predicted molar refractivity (Wildman–Crippen MR) is 56.8 cm³/mol. The second-order valence-electron chi connectivity index (χ2n) is 2.89. The molecule has 8 N–H and O–H groups in total. The van der Waals surface area contributed by atoms with E-state index in [4.69, 9.17) is 24.4 Å². The molecular weight excluding hydrogens is 262 g/mol. The minimum Gasteiger partial charge on any atom is -0.352 e. The average Bonchev–Trinajstić information content (AvgIpc) is 1.93. The SMILES string of the molecule is NC(N)=O.O=P(O)(O)CCCCP(=O)(O)O. The summed E-state index contributed by atoms with van der Waals surface area (Å²) < 4.78 is 20.5. The molecule has 0 spiro atoms. The summed E-state index contributed by atoms with van der Waals surface area (Å²) in [5.74, 6) is 0. The van der Waals surface area contributed by atoms with Crippen molar-refractivity contribution in [3.63, 3.8) is 0 Å². The fraction of sp³-hybridized carbons (Fsp3) is 0.800. The van der Waals surface area contributed by atoms with Crippen LogP contribution in [-0.2, 0) is 9.13 Å². The summed E-state index contributed by atoms with van der Waals surface area (Å²) in [5, 5.41) is 0. The van der Waals surface area contributed by atoms with Crippen molar-refractivity contribution in [3.05, 3.63) is 0 Å². The Bertz CT molecular complexity index is 267. The van der Waals surface area contributed by atoms with Crippen LogP contribution in [0.3, 0.4) is 0 Å². The van der Waals surface area contributed by atoms with Crippen molar-refractivity contribution in [2.75, 3.05) is 12.3 Å². The third-order valence-corrected chi connectivity index (χ3v) is 2.95. The van der Waals surface area contributed by atoms with Gasteiger partial charge in [-0.1, -0.05) is 0 Å². The maximum atomic E-state index is 10.3. The number of hydrogen-bond acceptors (Lipinski definition) is 3. The Labute approximate surface area is 92.1 Å². The second kappa shape index (κ2) is 7.78. The summed E-state index contributed by atoms with van der Waals surface area (Å²) in [6.07, 6.45) is -0.356. The number of amides is 2. The minimum atomic E-state index is -4.00. The van der Waals surface area contributed by atoms with Crippen molar-refractivity contribution in [2.45, 2.75) is 12.8 Å². The standard InChI is InChI=1S/C4H12O6P2.CH4N2O/c5-11(6,7)3-1-2-4-12(8,9)10;2-1(3)4/h1-4H2,(H2,5,6,7)(H2,8,9,10);(H4,2,3,4). The van der Waals surface area contributed by atoms with Crippen LogP contribution in [0.4, 0.5) is 4.79 Å². The van der Waals surface area contributed by atoms with E-state index in [0.29, 0.717) is 0 Å². The van der Waals surface area contributed by atoms with Gasteiger partial charge in [-0.3, -0.25) is 9.13 Å². The molecule has 0 aliphatic heterocycles. The van der Waals surface area contributed by atoms with Crippen LogP contribution in [0.1, 0.15) is 12.8 Å². The van der Waals surface area contributed by atoms with E-state index in [1.165, 1.54) is 0 Å². The van der Waals surface area contributed by atoms with Gasteiger partial charge in [0.15, 0.2) is 0 Å². The molecule has 0 unspecified atom stereocenters. The first-order valence-electron chi connectivity index (χ1n) is 4.08. The van der Waals surface area contributed by atoms with Gasteiger partial charge in [0.05, 0.1) is 0 Å². The third kappa shape index (κ3) is 29.2. The lowest BCUT2D eigenvalue weighted by molar-refractivity contribution is 0.256.